The lowest BCUT2D eigenvalue weighted by molar-refractivity contribution is 0.230. The van der Waals surface area contributed by atoms with Gasteiger partial charge < -0.3 is 10.2 Å². The lowest BCUT2D eigenvalue weighted by Crippen LogP contribution is -1.97. The average molecular weight is 264 g/mol. The van der Waals surface area contributed by atoms with Crippen molar-refractivity contribution < 1.29 is 10.2 Å². The van der Waals surface area contributed by atoms with Crippen LogP contribution in [0.4, 0.5) is 0 Å². The van der Waals surface area contributed by atoms with Crippen LogP contribution >= 0.6 is 0 Å². The van der Waals surface area contributed by atoms with Crippen LogP contribution in [-0.4, -0.2) is 16.8 Å². The Labute approximate surface area is 117 Å². The van der Waals surface area contributed by atoms with E-state index in [2.05, 4.69) is 6.07 Å². The maximum absolute atomic E-state index is 10.4. The fraction of sp³-hybridized carbons (Fsp3) is 0.111. The van der Waals surface area contributed by atoms with Crippen LogP contribution in [0.3, 0.4) is 0 Å². The summed E-state index contributed by atoms with van der Waals surface area (Å²) in [6.45, 7) is -0.0697. The molecule has 0 aliphatic carbocycles. The van der Waals surface area contributed by atoms with Gasteiger partial charge >= 0.3 is 0 Å². The number of aliphatic hydroxyl groups is 2. The number of aliphatic hydroxyl groups excluding tert-OH is 2. The van der Waals surface area contributed by atoms with Gasteiger partial charge in [-0.3, -0.25) is 0 Å². The van der Waals surface area contributed by atoms with Crippen LogP contribution in [0.5, 0.6) is 0 Å². The summed E-state index contributed by atoms with van der Waals surface area (Å²) < 4.78 is 0. The normalized spacial score (nSPS) is 13.3. The van der Waals surface area contributed by atoms with E-state index >= 15 is 0 Å². The Morgan fingerprint density at radius 3 is 2.00 bits per heavy atom. The highest BCUT2D eigenvalue weighted by atomic mass is 16.3. The van der Waals surface area contributed by atoms with E-state index in [0.29, 0.717) is 0 Å². The molecule has 3 aromatic carbocycles. The number of hydrogen-bond donors (Lipinski definition) is 2. The predicted octanol–water partition coefficient (Wildman–Crippen LogP) is 3.57. The minimum absolute atomic E-state index is 0.0697. The molecule has 100 valence electrons. The summed E-state index contributed by atoms with van der Waals surface area (Å²) in [5, 5.41) is 23.6. The molecule has 0 aliphatic rings. The molecule has 0 aromatic heterocycles. The van der Waals surface area contributed by atoms with Gasteiger partial charge in [-0.2, -0.15) is 0 Å². The third-order valence-corrected chi connectivity index (χ3v) is 3.53. The van der Waals surface area contributed by atoms with E-state index in [1.807, 2.05) is 48.5 Å². The molecule has 0 bridgehead atoms. The molecule has 0 fully saturated rings. The van der Waals surface area contributed by atoms with E-state index in [9.17, 15) is 5.11 Å². The van der Waals surface area contributed by atoms with Gasteiger partial charge in [-0.1, -0.05) is 60.7 Å². The lowest BCUT2D eigenvalue weighted by Gasteiger charge is -2.14. The summed E-state index contributed by atoms with van der Waals surface area (Å²) in [7, 11) is 0. The average Bonchev–Trinajstić information content (AvgIpc) is 2.50. The quantitative estimate of drug-likeness (QED) is 0.561. The Hall–Kier alpha value is -2.16. The van der Waals surface area contributed by atoms with Crippen molar-refractivity contribution in [2.45, 2.75) is 6.10 Å². The number of benzene rings is 3. The minimum Gasteiger partial charge on any atom is -0.392 e. The van der Waals surface area contributed by atoms with Crippen LogP contribution in [0.15, 0.2) is 66.7 Å². The second-order valence-electron chi connectivity index (χ2n) is 4.79. The van der Waals surface area contributed by atoms with Crippen molar-refractivity contribution in [1.82, 2.24) is 0 Å². The predicted molar refractivity (Wildman–Crippen MR) is 82.6 cm³/mol. The molecule has 0 aliphatic heterocycles. The molecular formula is C18H16O2. The van der Waals surface area contributed by atoms with Crippen LogP contribution in [0.2, 0.25) is 0 Å². The molecular weight excluding hydrogens is 248 g/mol. The number of hydrogen-bond acceptors (Lipinski definition) is 2. The minimum atomic E-state index is -0.724. The van der Waals surface area contributed by atoms with E-state index in [4.69, 9.17) is 5.11 Å². The first-order valence-electron chi connectivity index (χ1n) is 6.67. The highest BCUT2D eigenvalue weighted by Gasteiger charge is 2.12. The zero-order valence-electron chi connectivity index (χ0n) is 11.0. The second-order valence-corrected chi connectivity index (χ2v) is 4.79. The summed E-state index contributed by atoms with van der Waals surface area (Å²) in [5.74, 6) is 0. The zero-order chi connectivity index (χ0) is 13.9. The Morgan fingerprint density at radius 2 is 1.45 bits per heavy atom. The van der Waals surface area contributed by atoms with Crippen LogP contribution in [-0.2, 0) is 0 Å². The molecule has 1 unspecified atom stereocenters. The molecule has 3 aromatic rings. The molecule has 0 amide bonds. The molecule has 2 nitrogen and oxygen atoms in total. The summed E-state index contributed by atoms with van der Waals surface area (Å²) >= 11 is 0. The van der Waals surface area contributed by atoms with Gasteiger partial charge in [0.2, 0.25) is 0 Å². The van der Waals surface area contributed by atoms with Crippen LogP contribution in [0.1, 0.15) is 11.7 Å². The molecule has 0 radical (unpaired) electrons. The molecule has 0 saturated carbocycles. The van der Waals surface area contributed by atoms with Crippen molar-refractivity contribution in [3.05, 3.63) is 72.3 Å². The lowest BCUT2D eigenvalue weighted by atomic mass is 9.93. The first-order valence-corrected chi connectivity index (χ1v) is 6.67. The van der Waals surface area contributed by atoms with Crippen molar-refractivity contribution in [2.75, 3.05) is 6.61 Å². The standard InChI is InChI=1S/C18H16O2/c19-11-5-10-17(20)18-15-8-3-1-6-13(15)12-14-7-2-4-9-16(14)18/h1-10,12,17,19-20H,11H2/b10-5+. The van der Waals surface area contributed by atoms with Crippen molar-refractivity contribution >= 4 is 21.5 Å². The van der Waals surface area contributed by atoms with Gasteiger partial charge in [0.25, 0.3) is 0 Å². The van der Waals surface area contributed by atoms with E-state index in [0.717, 1.165) is 27.1 Å². The summed E-state index contributed by atoms with van der Waals surface area (Å²) in [4.78, 5) is 0. The Kier molecular flexibility index (Phi) is 3.50. The summed E-state index contributed by atoms with van der Waals surface area (Å²) in [5.41, 5.74) is 0.892. The van der Waals surface area contributed by atoms with Crippen molar-refractivity contribution in [1.29, 1.82) is 0 Å². The van der Waals surface area contributed by atoms with Crippen molar-refractivity contribution in [2.24, 2.45) is 0 Å². The van der Waals surface area contributed by atoms with Gasteiger partial charge in [-0.15, -0.1) is 0 Å². The molecule has 2 N–H and O–H groups in total. The second kappa shape index (κ2) is 5.45. The highest BCUT2D eigenvalue weighted by molar-refractivity contribution is 6.02. The largest absolute Gasteiger partial charge is 0.392 e. The maximum Gasteiger partial charge on any atom is 0.0984 e. The topological polar surface area (TPSA) is 40.5 Å². The maximum atomic E-state index is 10.4. The van der Waals surface area contributed by atoms with Crippen molar-refractivity contribution in [3.63, 3.8) is 0 Å². The van der Waals surface area contributed by atoms with Crippen LogP contribution in [0.25, 0.3) is 21.5 Å². The SMILES string of the molecule is OC/C=C/C(O)c1c2ccccc2cc2ccccc12. The Bertz CT molecular complexity index is 721. The van der Waals surface area contributed by atoms with Gasteiger partial charge in [0.15, 0.2) is 0 Å². The summed E-state index contributed by atoms with van der Waals surface area (Å²) in [6, 6.07) is 18.2. The molecule has 3 rings (SSSR count). The van der Waals surface area contributed by atoms with E-state index in [-0.39, 0.29) is 6.61 Å². The van der Waals surface area contributed by atoms with E-state index in [1.54, 1.807) is 12.2 Å². The fourth-order valence-corrected chi connectivity index (χ4v) is 2.65. The Balaban J connectivity index is 2.36. The molecule has 0 spiro atoms. The van der Waals surface area contributed by atoms with Gasteiger partial charge in [0.1, 0.15) is 0 Å². The monoisotopic (exact) mass is 264 g/mol. The Morgan fingerprint density at radius 1 is 0.900 bits per heavy atom. The molecule has 0 saturated heterocycles. The smallest absolute Gasteiger partial charge is 0.0984 e. The molecule has 2 heteroatoms. The van der Waals surface area contributed by atoms with Gasteiger partial charge in [0.05, 0.1) is 12.7 Å². The van der Waals surface area contributed by atoms with Gasteiger partial charge in [-0.25, -0.2) is 0 Å². The third-order valence-electron chi connectivity index (χ3n) is 3.53. The van der Waals surface area contributed by atoms with Crippen LogP contribution < -0.4 is 0 Å². The molecule has 20 heavy (non-hydrogen) atoms. The zero-order valence-corrected chi connectivity index (χ0v) is 11.0. The fourth-order valence-electron chi connectivity index (χ4n) is 2.65. The van der Waals surface area contributed by atoms with Crippen molar-refractivity contribution in [3.8, 4) is 0 Å². The first kappa shape index (κ1) is 12.9. The number of rotatable bonds is 3. The van der Waals surface area contributed by atoms with Gasteiger partial charge in [-0.05, 0) is 33.2 Å². The van der Waals surface area contributed by atoms with Crippen LogP contribution in [0, 0.1) is 0 Å². The van der Waals surface area contributed by atoms with Gasteiger partial charge in [0, 0.05) is 0 Å². The third kappa shape index (κ3) is 2.20. The van der Waals surface area contributed by atoms with E-state index in [1.165, 1.54) is 0 Å². The highest BCUT2D eigenvalue weighted by Crippen LogP contribution is 2.33. The molecule has 1 atom stereocenters. The first-order chi connectivity index (χ1) is 9.81. The number of fused-ring (bicyclic) bond motifs is 2. The summed E-state index contributed by atoms with van der Waals surface area (Å²) in [6.07, 6.45) is 2.48. The molecule has 0 heterocycles. The van der Waals surface area contributed by atoms with E-state index < -0.39 is 6.10 Å².